The van der Waals surface area contributed by atoms with Crippen molar-refractivity contribution in [2.75, 3.05) is 11.9 Å². The predicted octanol–water partition coefficient (Wildman–Crippen LogP) is 2.45. The van der Waals surface area contributed by atoms with Gasteiger partial charge in [-0.1, -0.05) is 30.3 Å². The molecule has 2 aliphatic rings. The van der Waals surface area contributed by atoms with Crippen LogP contribution in [0.2, 0.25) is 0 Å². The Hall–Kier alpha value is -3.69. The Balaban J connectivity index is 1.76. The molecule has 176 valence electrons. The zero-order chi connectivity index (χ0) is 24.5. The van der Waals surface area contributed by atoms with Gasteiger partial charge in [0, 0.05) is 25.9 Å². The Morgan fingerprint density at radius 3 is 2.51 bits per heavy atom. The van der Waals surface area contributed by atoms with E-state index in [9.17, 15) is 9.59 Å². The third kappa shape index (κ3) is 4.17. The number of nitrogens with zero attached hydrogens (tertiary/aromatic N) is 5. The molecule has 0 spiro atoms. The van der Waals surface area contributed by atoms with Crippen LogP contribution in [-0.4, -0.2) is 27.6 Å². The van der Waals surface area contributed by atoms with Gasteiger partial charge in [-0.2, -0.15) is 0 Å². The van der Waals surface area contributed by atoms with Crippen LogP contribution in [0.5, 0.6) is 0 Å². The molecule has 0 N–H and O–H groups in total. The molecule has 4 heterocycles. The number of benzene rings is 1. The SMILES string of the molecule is CCn1c(=C2SC(=Nc3cccc[n+]3C)N(c3ccccc3)C2=O)sc(=C2C=CC=CN2C)c1=O. The number of aromatic nitrogens is 2. The summed E-state index contributed by atoms with van der Waals surface area (Å²) in [6.45, 7) is 2.38. The Morgan fingerprint density at radius 2 is 1.80 bits per heavy atom. The molecule has 0 saturated carbocycles. The minimum Gasteiger partial charge on any atom is -0.350 e. The number of thioether (sulfide) groups is 1. The second-order valence-corrected chi connectivity index (χ2v) is 9.93. The van der Waals surface area contributed by atoms with E-state index in [1.165, 1.54) is 23.1 Å². The number of allylic oxidation sites excluding steroid dienone is 2. The molecule has 0 aliphatic carbocycles. The summed E-state index contributed by atoms with van der Waals surface area (Å²) >= 11 is 2.65. The highest BCUT2D eigenvalue weighted by atomic mass is 32.2. The van der Waals surface area contributed by atoms with Crippen molar-refractivity contribution in [3.8, 4) is 0 Å². The quantitative estimate of drug-likeness (QED) is 0.517. The highest BCUT2D eigenvalue weighted by molar-refractivity contribution is 8.23. The van der Waals surface area contributed by atoms with Gasteiger partial charge in [0.1, 0.15) is 14.1 Å². The van der Waals surface area contributed by atoms with Gasteiger partial charge in [-0.3, -0.25) is 14.2 Å². The first kappa shape index (κ1) is 23.1. The maximum atomic E-state index is 13.9. The molecule has 0 bridgehead atoms. The standard InChI is InChI=1S/C26H24N5O2S2/c1-4-30-23(32)21(19-14-8-10-16-28(19)2)34-25(30)22-24(33)31(18-12-6-5-7-13-18)26(35-22)27-20-15-9-11-17-29(20)3/h5-17H,4H2,1-3H3/q+1. The molecule has 5 rings (SSSR count). The average Bonchev–Trinajstić information content (AvgIpc) is 3.37. The van der Waals surface area contributed by atoms with E-state index in [-0.39, 0.29) is 11.5 Å². The summed E-state index contributed by atoms with van der Waals surface area (Å²) in [6.07, 6.45) is 9.58. The molecule has 0 atom stereocenters. The van der Waals surface area contributed by atoms with E-state index < -0.39 is 0 Å². The van der Waals surface area contributed by atoms with E-state index in [1.807, 2.05) is 110 Å². The number of hydrogen-bond donors (Lipinski definition) is 0. The lowest BCUT2D eigenvalue weighted by Gasteiger charge is -2.16. The van der Waals surface area contributed by atoms with Crippen LogP contribution in [0, 0.1) is 0 Å². The summed E-state index contributed by atoms with van der Waals surface area (Å²) in [6, 6.07) is 15.2. The number of anilines is 1. The van der Waals surface area contributed by atoms with Crippen molar-refractivity contribution in [1.29, 1.82) is 0 Å². The molecule has 0 unspecified atom stereocenters. The number of thiazole rings is 1. The predicted molar refractivity (Wildman–Crippen MR) is 143 cm³/mol. The molecular formula is C26H24N5O2S2+. The molecule has 2 aromatic heterocycles. The fourth-order valence-corrected chi connectivity index (χ4v) is 6.33. The maximum Gasteiger partial charge on any atom is 0.326 e. The summed E-state index contributed by atoms with van der Waals surface area (Å²) in [5.41, 5.74) is 1.45. The van der Waals surface area contributed by atoms with E-state index in [0.717, 1.165) is 17.2 Å². The summed E-state index contributed by atoms with van der Waals surface area (Å²) in [7, 11) is 3.83. The van der Waals surface area contributed by atoms with Crippen molar-refractivity contribution in [2.24, 2.45) is 12.0 Å². The zero-order valence-corrected chi connectivity index (χ0v) is 21.2. The number of carbonyl (C=O) groups is 1. The molecule has 1 fully saturated rings. The van der Waals surface area contributed by atoms with Gasteiger partial charge in [0.25, 0.3) is 16.6 Å². The van der Waals surface area contributed by atoms with Crippen LogP contribution in [0.4, 0.5) is 11.5 Å². The lowest BCUT2D eigenvalue weighted by atomic mass is 10.3. The number of aliphatic imine (C=N–C) groups is 1. The van der Waals surface area contributed by atoms with E-state index >= 15 is 0 Å². The van der Waals surface area contributed by atoms with E-state index in [1.54, 1.807) is 9.47 Å². The molecule has 9 heteroatoms. The van der Waals surface area contributed by atoms with E-state index in [0.29, 0.717) is 25.8 Å². The van der Waals surface area contributed by atoms with Crippen molar-refractivity contribution in [3.63, 3.8) is 0 Å². The topological polar surface area (TPSA) is 61.8 Å². The Labute approximate surface area is 211 Å². The molecule has 7 nitrogen and oxygen atoms in total. The largest absolute Gasteiger partial charge is 0.350 e. The lowest BCUT2D eigenvalue weighted by molar-refractivity contribution is -0.658. The fraction of sp³-hybridized carbons (Fsp3) is 0.154. The molecule has 35 heavy (non-hydrogen) atoms. The maximum absolute atomic E-state index is 13.9. The van der Waals surface area contributed by atoms with Gasteiger partial charge in [0.2, 0.25) is 0 Å². The van der Waals surface area contributed by atoms with Crippen LogP contribution >= 0.6 is 23.1 Å². The van der Waals surface area contributed by atoms with Crippen LogP contribution in [-0.2, 0) is 18.4 Å². The molecule has 1 saturated heterocycles. The van der Waals surface area contributed by atoms with Crippen LogP contribution in [0.15, 0.2) is 88.9 Å². The van der Waals surface area contributed by atoms with Gasteiger partial charge in [0.05, 0.1) is 24.6 Å². The minimum atomic E-state index is -0.189. The first-order valence-electron chi connectivity index (χ1n) is 11.2. The van der Waals surface area contributed by atoms with Crippen LogP contribution in [0.25, 0.3) is 10.6 Å². The number of pyridine rings is 1. The number of amides is 1. The van der Waals surface area contributed by atoms with Gasteiger partial charge in [-0.25, -0.2) is 9.47 Å². The molecular weight excluding hydrogens is 478 g/mol. The summed E-state index contributed by atoms with van der Waals surface area (Å²) in [4.78, 5) is 36.1. The van der Waals surface area contributed by atoms with Crippen molar-refractivity contribution in [2.45, 2.75) is 13.5 Å². The van der Waals surface area contributed by atoms with Crippen molar-refractivity contribution in [1.82, 2.24) is 9.47 Å². The number of aryl methyl sites for hydroxylation is 1. The smallest absolute Gasteiger partial charge is 0.326 e. The number of para-hydroxylation sites is 1. The van der Waals surface area contributed by atoms with Gasteiger partial charge >= 0.3 is 5.82 Å². The minimum absolute atomic E-state index is 0.0960. The van der Waals surface area contributed by atoms with Gasteiger partial charge in [-0.05, 0) is 54.0 Å². The number of likely N-dealkylation sites (N-methyl/N-ethyl adjacent to an activating group) is 1. The van der Waals surface area contributed by atoms with Crippen LogP contribution < -0.4 is 24.2 Å². The summed E-state index contributed by atoms with van der Waals surface area (Å²) in [5.74, 6) is 0.534. The lowest BCUT2D eigenvalue weighted by Crippen LogP contribution is -2.35. The Morgan fingerprint density at radius 1 is 1.03 bits per heavy atom. The summed E-state index contributed by atoms with van der Waals surface area (Å²) < 4.78 is 4.84. The van der Waals surface area contributed by atoms with Crippen LogP contribution in [0.3, 0.4) is 0 Å². The molecule has 1 amide bonds. The number of hydrogen-bond acceptors (Lipinski definition) is 6. The molecule has 3 aromatic rings. The van der Waals surface area contributed by atoms with E-state index in [4.69, 9.17) is 4.99 Å². The Kier molecular flexibility index (Phi) is 6.27. The molecule has 0 radical (unpaired) electrons. The van der Waals surface area contributed by atoms with Crippen molar-refractivity contribution < 1.29 is 9.36 Å². The van der Waals surface area contributed by atoms with Gasteiger partial charge in [-0.15, -0.1) is 11.3 Å². The molecule has 1 aromatic carbocycles. The van der Waals surface area contributed by atoms with Crippen molar-refractivity contribution in [3.05, 3.63) is 98.7 Å². The van der Waals surface area contributed by atoms with Crippen LogP contribution in [0.1, 0.15) is 6.92 Å². The van der Waals surface area contributed by atoms with E-state index in [2.05, 4.69) is 0 Å². The molecule has 2 aliphatic heterocycles. The second kappa shape index (κ2) is 9.52. The van der Waals surface area contributed by atoms with Gasteiger partial charge < -0.3 is 4.90 Å². The Bertz CT molecular complexity index is 1580. The first-order chi connectivity index (χ1) is 17.0. The first-order valence-corrected chi connectivity index (χ1v) is 12.8. The number of amidine groups is 1. The number of rotatable bonds is 3. The number of carbonyl (C=O) groups excluding carboxylic acids is 1. The highest BCUT2D eigenvalue weighted by Gasteiger charge is 2.40. The normalized spacial score (nSPS) is 19.9. The monoisotopic (exact) mass is 502 g/mol. The third-order valence-electron chi connectivity index (χ3n) is 5.72. The van der Waals surface area contributed by atoms with Crippen molar-refractivity contribution >= 4 is 56.3 Å². The summed E-state index contributed by atoms with van der Waals surface area (Å²) in [5, 5.41) is 0.549. The third-order valence-corrected chi connectivity index (χ3v) is 8.08. The second-order valence-electron chi connectivity index (χ2n) is 7.95. The van der Waals surface area contributed by atoms with Gasteiger partial charge in [0.15, 0.2) is 0 Å². The fourth-order valence-electron chi connectivity index (χ4n) is 3.90. The highest BCUT2D eigenvalue weighted by Crippen LogP contribution is 2.36. The average molecular weight is 503 g/mol. The zero-order valence-electron chi connectivity index (χ0n) is 19.6.